The van der Waals surface area contributed by atoms with E-state index in [1.165, 1.54) is 12.8 Å². The standard InChI is InChI=1S/C21H25N3O2/c1-14-11-19(13-22-12-14)26-18-5-3-17(4-6-18)21(25)23-20-15(2)24-9-7-16(20)8-10-24/h3-6,11-13,15-16,20H,7-10H2,1-2H3,(H,23,25). The number of benzene rings is 1. The number of hydrogen-bond donors (Lipinski definition) is 1. The Balaban J connectivity index is 1.41. The molecule has 3 saturated heterocycles. The predicted octanol–water partition coefficient (Wildman–Crippen LogP) is 3.39. The van der Waals surface area contributed by atoms with Crippen LogP contribution in [0.5, 0.6) is 11.5 Å². The summed E-state index contributed by atoms with van der Waals surface area (Å²) in [5.41, 5.74) is 1.72. The van der Waals surface area contributed by atoms with Crippen molar-refractivity contribution in [3.05, 3.63) is 53.9 Å². The van der Waals surface area contributed by atoms with E-state index in [4.69, 9.17) is 4.74 Å². The molecule has 0 aliphatic carbocycles. The van der Waals surface area contributed by atoms with Crippen LogP contribution in [-0.4, -0.2) is 41.0 Å². The van der Waals surface area contributed by atoms with Crippen LogP contribution in [0.1, 0.15) is 35.7 Å². The summed E-state index contributed by atoms with van der Waals surface area (Å²) in [5, 5.41) is 3.26. The second-order valence-electron chi connectivity index (χ2n) is 7.44. The highest BCUT2D eigenvalue weighted by Gasteiger charge is 2.40. The first-order chi connectivity index (χ1) is 12.6. The number of aromatic nitrogens is 1. The molecule has 0 radical (unpaired) electrons. The van der Waals surface area contributed by atoms with Gasteiger partial charge in [-0.2, -0.15) is 0 Å². The van der Waals surface area contributed by atoms with Crippen LogP contribution >= 0.6 is 0 Å². The SMILES string of the molecule is Cc1cncc(Oc2ccc(C(=O)NC3C4CCN(CC4)C3C)cc2)c1. The minimum absolute atomic E-state index is 0.000581. The Bertz CT molecular complexity index is 780. The number of nitrogens with one attached hydrogen (secondary N) is 1. The number of amides is 1. The lowest BCUT2D eigenvalue weighted by Gasteiger charge is -2.49. The summed E-state index contributed by atoms with van der Waals surface area (Å²) in [6.07, 6.45) is 5.84. The van der Waals surface area contributed by atoms with Crippen molar-refractivity contribution in [3.63, 3.8) is 0 Å². The Morgan fingerprint density at radius 3 is 2.54 bits per heavy atom. The normalized spacial score (nSPS) is 27.2. The molecule has 1 aromatic carbocycles. The van der Waals surface area contributed by atoms with Gasteiger partial charge in [0.25, 0.3) is 5.91 Å². The van der Waals surface area contributed by atoms with Gasteiger partial charge in [-0.15, -0.1) is 0 Å². The number of nitrogens with zero attached hydrogens (tertiary/aromatic N) is 2. The maximum absolute atomic E-state index is 12.7. The van der Waals surface area contributed by atoms with Crippen LogP contribution in [0.4, 0.5) is 0 Å². The fourth-order valence-electron chi connectivity index (χ4n) is 4.17. The Morgan fingerprint density at radius 2 is 1.88 bits per heavy atom. The van der Waals surface area contributed by atoms with Crippen LogP contribution in [-0.2, 0) is 0 Å². The van der Waals surface area contributed by atoms with E-state index in [2.05, 4.69) is 22.1 Å². The Morgan fingerprint density at radius 1 is 1.15 bits per heavy atom. The number of fused-ring (bicyclic) bond motifs is 3. The van der Waals surface area contributed by atoms with Crippen molar-refractivity contribution in [2.75, 3.05) is 13.1 Å². The summed E-state index contributed by atoms with van der Waals surface area (Å²) in [4.78, 5) is 19.3. The maximum atomic E-state index is 12.7. The van der Waals surface area contributed by atoms with Crippen LogP contribution in [0.3, 0.4) is 0 Å². The average Bonchev–Trinajstić information content (AvgIpc) is 2.65. The number of rotatable bonds is 4. The van der Waals surface area contributed by atoms with E-state index in [-0.39, 0.29) is 11.9 Å². The molecule has 2 aromatic rings. The molecule has 3 aliphatic heterocycles. The lowest BCUT2D eigenvalue weighted by Crippen LogP contribution is -2.62. The van der Waals surface area contributed by atoms with Gasteiger partial charge in [-0.25, -0.2) is 0 Å². The van der Waals surface area contributed by atoms with Crippen molar-refractivity contribution in [2.24, 2.45) is 5.92 Å². The maximum Gasteiger partial charge on any atom is 0.251 e. The van der Waals surface area contributed by atoms with E-state index in [9.17, 15) is 4.79 Å². The molecule has 1 N–H and O–H groups in total. The molecule has 26 heavy (non-hydrogen) atoms. The molecule has 3 aliphatic rings. The number of hydrogen-bond acceptors (Lipinski definition) is 4. The number of piperidine rings is 3. The van der Waals surface area contributed by atoms with Crippen LogP contribution in [0.15, 0.2) is 42.7 Å². The van der Waals surface area contributed by atoms with Gasteiger partial charge in [0.15, 0.2) is 0 Å². The van der Waals surface area contributed by atoms with Crippen LogP contribution in [0, 0.1) is 12.8 Å². The summed E-state index contributed by atoms with van der Waals surface area (Å²) >= 11 is 0. The molecule has 0 saturated carbocycles. The van der Waals surface area contributed by atoms with Crippen molar-refractivity contribution < 1.29 is 9.53 Å². The van der Waals surface area contributed by atoms with Gasteiger partial charge in [-0.05, 0) is 81.6 Å². The topological polar surface area (TPSA) is 54.5 Å². The largest absolute Gasteiger partial charge is 0.456 e. The molecule has 5 nitrogen and oxygen atoms in total. The van der Waals surface area contributed by atoms with Crippen molar-refractivity contribution >= 4 is 5.91 Å². The highest BCUT2D eigenvalue weighted by Crippen LogP contribution is 2.32. The zero-order chi connectivity index (χ0) is 18.1. The third-order valence-electron chi connectivity index (χ3n) is 5.68. The smallest absolute Gasteiger partial charge is 0.251 e. The number of carbonyl (C=O) groups excluding carboxylic acids is 1. The third kappa shape index (κ3) is 3.44. The summed E-state index contributed by atoms with van der Waals surface area (Å²) in [7, 11) is 0. The van der Waals surface area contributed by atoms with E-state index < -0.39 is 0 Å². The summed E-state index contributed by atoms with van der Waals surface area (Å²) in [5.74, 6) is 2.00. The molecule has 136 valence electrons. The van der Waals surface area contributed by atoms with E-state index in [1.807, 2.05) is 37.3 Å². The van der Waals surface area contributed by atoms with Gasteiger partial charge < -0.3 is 10.1 Å². The van der Waals surface area contributed by atoms with E-state index in [0.717, 1.165) is 18.7 Å². The van der Waals surface area contributed by atoms with Crippen LogP contribution in [0.2, 0.25) is 0 Å². The molecule has 3 fully saturated rings. The van der Waals surface area contributed by atoms with E-state index >= 15 is 0 Å². The molecule has 2 unspecified atom stereocenters. The Labute approximate surface area is 154 Å². The molecular formula is C21H25N3O2. The van der Waals surface area contributed by atoms with E-state index in [0.29, 0.717) is 29.0 Å². The molecule has 0 spiro atoms. The highest BCUT2D eigenvalue weighted by molar-refractivity contribution is 5.94. The minimum Gasteiger partial charge on any atom is -0.456 e. The average molecular weight is 351 g/mol. The van der Waals surface area contributed by atoms with Crippen molar-refractivity contribution in [3.8, 4) is 11.5 Å². The van der Waals surface area contributed by atoms with Gasteiger partial charge in [-0.1, -0.05) is 0 Å². The Kier molecular flexibility index (Phi) is 4.64. The molecule has 2 bridgehead atoms. The zero-order valence-electron chi connectivity index (χ0n) is 15.3. The fourth-order valence-corrected chi connectivity index (χ4v) is 4.17. The van der Waals surface area contributed by atoms with Gasteiger partial charge in [0.05, 0.1) is 6.20 Å². The summed E-state index contributed by atoms with van der Waals surface area (Å²) in [6, 6.07) is 9.90. The lowest BCUT2D eigenvalue weighted by atomic mass is 9.79. The van der Waals surface area contributed by atoms with Crippen molar-refractivity contribution in [2.45, 2.75) is 38.8 Å². The van der Waals surface area contributed by atoms with Gasteiger partial charge in [-0.3, -0.25) is 14.7 Å². The fraction of sp³-hybridized carbons (Fsp3) is 0.429. The number of carbonyl (C=O) groups is 1. The zero-order valence-corrected chi connectivity index (χ0v) is 15.3. The predicted molar refractivity (Wildman–Crippen MR) is 101 cm³/mol. The molecule has 1 aromatic heterocycles. The minimum atomic E-state index is -0.000581. The van der Waals surface area contributed by atoms with Crippen LogP contribution in [0.25, 0.3) is 0 Å². The van der Waals surface area contributed by atoms with Crippen molar-refractivity contribution in [1.82, 2.24) is 15.2 Å². The van der Waals surface area contributed by atoms with Gasteiger partial charge in [0.1, 0.15) is 11.5 Å². The van der Waals surface area contributed by atoms with E-state index in [1.54, 1.807) is 12.4 Å². The molecule has 2 atom stereocenters. The number of pyridine rings is 1. The lowest BCUT2D eigenvalue weighted by molar-refractivity contribution is 0.0217. The molecule has 1 amide bonds. The third-order valence-corrected chi connectivity index (χ3v) is 5.68. The van der Waals surface area contributed by atoms with Crippen LogP contribution < -0.4 is 10.1 Å². The first kappa shape index (κ1) is 17.0. The quantitative estimate of drug-likeness (QED) is 0.917. The molecule has 5 heteroatoms. The summed E-state index contributed by atoms with van der Waals surface area (Å²) in [6.45, 7) is 6.53. The molecule has 4 heterocycles. The van der Waals surface area contributed by atoms with Crippen molar-refractivity contribution in [1.29, 1.82) is 0 Å². The van der Waals surface area contributed by atoms with Gasteiger partial charge >= 0.3 is 0 Å². The number of ether oxygens (including phenoxy) is 1. The summed E-state index contributed by atoms with van der Waals surface area (Å²) < 4.78 is 5.80. The first-order valence-electron chi connectivity index (χ1n) is 9.34. The number of aryl methyl sites for hydroxylation is 1. The molecular weight excluding hydrogens is 326 g/mol. The van der Waals surface area contributed by atoms with Gasteiger partial charge in [0.2, 0.25) is 0 Å². The second kappa shape index (κ2) is 7.08. The second-order valence-corrected chi connectivity index (χ2v) is 7.44. The highest BCUT2D eigenvalue weighted by atomic mass is 16.5. The Hall–Kier alpha value is -2.40. The van der Waals surface area contributed by atoms with Gasteiger partial charge in [0, 0.05) is 23.8 Å². The monoisotopic (exact) mass is 351 g/mol. The first-order valence-corrected chi connectivity index (χ1v) is 9.34. The molecule has 5 rings (SSSR count).